The van der Waals surface area contributed by atoms with Gasteiger partial charge in [-0.15, -0.1) is 0 Å². The minimum atomic E-state index is -1.91. The number of hydrogen-bond acceptors (Lipinski definition) is 24. The molecule has 0 aromatic rings. The van der Waals surface area contributed by atoms with Crippen molar-refractivity contribution in [1.82, 2.24) is 0 Å². The van der Waals surface area contributed by atoms with Gasteiger partial charge in [0.1, 0.15) is 49.8 Å². The van der Waals surface area contributed by atoms with Gasteiger partial charge in [0.15, 0.2) is 55.5 Å². The molecule has 3 aliphatic rings. The molecule has 0 spiro atoms. The number of ether oxygens (including phenoxy) is 14. The van der Waals surface area contributed by atoms with Crippen molar-refractivity contribution >= 4 is 47.8 Å². The van der Waals surface area contributed by atoms with Gasteiger partial charge in [-0.1, -0.05) is 0 Å². The highest BCUT2D eigenvalue weighted by atomic mass is 16.8. The van der Waals surface area contributed by atoms with E-state index in [1.165, 1.54) is 0 Å². The molecule has 0 bridgehead atoms. The number of rotatable bonds is 16. The summed E-state index contributed by atoms with van der Waals surface area (Å²) in [5.41, 5.74) is 0. The molecular formula is C35H50O24. The van der Waals surface area contributed by atoms with Crippen LogP contribution in [0.15, 0.2) is 0 Å². The molecule has 334 valence electrons. The molecule has 3 aliphatic heterocycles. The van der Waals surface area contributed by atoms with Crippen LogP contribution in [0.3, 0.4) is 0 Å². The molecule has 0 unspecified atom stereocenters. The van der Waals surface area contributed by atoms with Crippen LogP contribution in [-0.2, 0) is 105 Å². The van der Waals surface area contributed by atoms with Gasteiger partial charge in [-0.25, -0.2) is 0 Å². The summed E-state index contributed by atoms with van der Waals surface area (Å²) in [6.07, 6.45) is -24.7. The van der Waals surface area contributed by atoms with Gasteiger partial charge in [-0.3, -0.25) is 38.4 Å². The first-order chi connectivity index (χ1) is 27.6. The van der Waals surface area contributed by atoms with Crippen molar-refractivity contribution in [3.05, 3.63) is 0 Å². The summed E-state index contributed by atoms with van der Waals surface area (Å²) in [6, 6.07) is 0. The van der Waals surface area contributed by atoms with Gasteiger partial charge in [0.2, 0.25) is 0 Å². The van der Waals surface area contributed by atoms with Gasteiger partial charge >= 0.3 is 47.8 Å². The predicted molar refractivity (Wildman–Crippen MR) is 182 cm³/mol. The molecule has 15 atom stereocenters. The highest BCUT2D eigenvalue weighted by molar-refractivity contribution is 5.70. The second kappa shape index (κ2) is 22.2. The Hall–Kier alpha value is -4.56. The molecule has 0 amide bonds. The van der Waals surface area contributed by atoms with E-state index in [1.54, 1.807) is 0 Å². The highest BCUT2D eigenvalue weighted by Crippen LogP contribution is 2.35. The molecule has 59 heavy (non-hydrogen) atoms. The maximum Gasteiger partial charge on any atom is 0.303 e. The Morgan fingerprint density at radius 1 is 0.407 bits per heavy atom. The maximum atomic E-state index is 12.3. The van der Waals surface area contributed by atoms with E-state index < -0.39 is 160 Å². The summed E-state index contributed by atoms with van der Waals surface area (Å²) in [6.45, 7) is 6.39. The normalized spacial score (nSPS) is 34.3. The summed E-state index contributed by atoms with van der Waals surface area (Å²) < 4.78 is 77.3. The molecule has 2 N–H and O–H groups in total. The summed E-state index contributed by atoms with van der Waals surface area (Å²) in [7, 11) is 1.13. The largest absolute Gasteiger partial charge is 0.463 e. The Bertz CT molecular complexity index is 1520. The third-order valence-electron chi connectivity index (χ3n) is 8.49. The lowest BCUT2D eigenvalue weighted by Crippen LogP contribution is -2.66. The number of esters is 8. The van der Waals surface area contributed by atoms with Crippen LogP contribution in [0, 0.1) is 0 Å². The van der Waals surface area contributed by atoms with E-state index in [1.807, 2.05) is 0 Å². The first kappa shape index (κ1) is 48.8. The Morgan fingerprint density at radius 3 is 1.15 bits per heavy atom. The molecule has 3 fully saturated rings. The van der Waals surface area contributed by atoms with Gasteiger partial charge < -0.3 is 76.5 Å². The van der Waals surface area contributed by atoms with Crippen molar-refractivity contribution in [3.8, 4) is 0 Å². The Kier molecular flexibility index (Phi) is 18.3. The molecule has 0 aromatic carbocycles. The number of aliphatic hydroxyl groups excluding tert-OH is 2. The van der Waals surface area contributed by atoms with Crippen LogP contribution >= 0.6 is 0 Å². The highest BCUT2D eigenvalue weighted by Gasteiger charge is 2.57. The zero-order valence-electron chi connectivity index (χ0n) is 33.7. The molecule has 0 aromatic heterocycles. The zero-order valence-corrected chi connectivity index (χ0v) is 33.7. The maximum absolute atomic E-state index is 12.3. The average Bonchev–Trinajstić information content (AvgIpc) is 3.11. The fraction of sp³-hybridized carbons (Fsp3) is 0.771. The molecule has 24 heteroatoms. The smallest absolute Gasteiger partial charge is 0.303 e. The Labute approximate surface area is 337 Å². The number of aliphatic hydroxyl groups is 2. The van der Waals surface area contributed by atoms with E-state index in [4.69, 9.17) is 66.3 Å². The topological polar surface area (TPSA) is 306 Å². The van der Waals surface area contributed by atoms with E-state index in [0.717, 1.165) is 62.5 Å². The zero-order chi connectivity index (χ0) is 44.3. The first-order valence-electron chi connectivity index (χ1n) is 18.1. The van der Waals surface area contributed by atoms with E-state index in [9.17, 15) is 48.6 Å². The van der Waals surface area contributed by atoms with Crippen molar-refractivity contribution in [3.63, 3.8) is 0 Å². The van der Waals surface area contributed by atoms with Crippen LogP contribution in [0.25, 0.3) is 0 Å². The molecule has 0 aliphatic carbocycles. The lowest BCUT2D eigenvalue weighted by molar-refractivity contribution is -0.364. The van der Waals surface area contributed by atoms with Crippen molar-refractivity contribution in [2.24, 2.45) is 0 Å². The van der Waals surface area contributed by atoms with Crippen LogP contribution in [-0.4, -0.2) is 177 Å². The molecule has 3 heterocycles. The number of carbonyl (C=O) groups excluding carboxylic acids is 8. The van der Waals surface area contributed by atoms with Crippen molar-refractivity contribution in [1.29, 1.82) is 0 Å². The van der Waals surface area contributed by atoms with Crippen molar-refractivity contribution in [2.75, 3.05) is 26.9 Å². The first-order valence-corrected chi connectivity index (χ1v) is 18.1. The molecule has 0 saturated carbocycles. The number of carbonyl (C=O) groups is 8. The lowest BCUT2D eigenvalue weighted by atomic mass is 9.96. The fourth-order valence-electron chi connectivity index (χ4n) is 6.36. The van der Waals surface area contributed by atoms with Crippen LogP contribution in [0.1, 0.15) is 55.4 Å². The van der Waals surface area contributed by atoms with E-state index in [2.05, 4.69) is 0 Å². The fourth-order valence-corrected chi connectivity index (χ4v) is 6.36. The average molecular weight is 855 g/mol. The number of methoxy groups -OCH3 is 1. The molecular weight excluding hydrogens is 804 g/mol. The van der Waals surface area contributed by atoms with Crippen LogP contribution in [0.4, 0.5) is 0 Å². The van der Waals surface area contributed by atoms with Crippen LogP contribution < -0.4 is 0 Å². The van der Waals surface area contributed by atoms with Crippen LogP contribution in [0.2, 0.25) is 0 Å². The van der Waals surface area contributed by atoms with E-state index in [0.29, 0.717) is 0 Å². The molecule has 3 rings (SSSR count). The van der Waals surface area contributed by atoms with E-state index in [-0.39, 0.29) is 0 Å². The standard InChI is InChI=1S/C35H50O24/c1-13(36)47-11-22-26(50-15(3)38)29(52-17(5)40)31(54-19(7)42)34(57-22)49-10-21-24(44)28(25(45)33(46-9)56-21)59-35-32(55-20(8)43)30(53-18(6)41)27(51-16(4)39)23(58-35)12-48-14(2)37/h21-35,44-45H,10-12H2,1-9H3/t21-,22+,23+,24-,25-,26+,27+,28+,29-,30-,31+,32+,33-,34+,35-/m1/s1. The Balaban J connectivity index is 2.00. The molecule has 3 saturated heterocycles. The number of hydrogen-bond donors (Lipinski definition) is 2. The summed E-state index contributed by atoms with van der Waals surface area (Å²) in [5, 5.41) is 22.9. The quantitative estimate of drug-likeness (QED) is 0.121. The summed E-state index contributed by atoms with van der Waals surface area (Å²) in [4.78, 5) is 96.8. The molecule has 24 nitrogen and oxygen atoms in total. The van der Waals surface area contributed by atoms with Gasteiger partial charge in [0.05, 0.1) is 6.61 Å². The van der Waals surface area contributed by atoms with Crippen LogP contribution in [0.5, 0.6) is 0 Å². The van der Waals surface area contributed by atoms with Crippen molar-refractivity contribution in [2.45, 2.75) is 148 Å². The van der Waals surface area contributed by atoms with Gasteiger partial charge in [0.25, 0.3) is 0 Å². The minimum Gasteiger partial charge on any atom is -0.463 e. The summed E-state index contributed by atoms with van der Waals surface area (Å²) >= 11 is 0. The SMILES string of the molecule is CO[C@@H]1O[C@H](CO[C@H]2O[C@@H](COC(C)=O)[C@H](OC(C)=O)[C@@H](OC(C)=O)[C@@H]2OC(C)=O)[C@@H](O)[C@H](O[C@H]2O[C@@H](COC(C)=O)[C@H](OC(C)=O)[C@@H](OC(C)=O)[C@@H]2OC(C)=O)[C@H]1O. The lowest BCUT2D eigenvalue weighted by Gasteiger charge is -2.48. The third-order valence-corrected chi connectivity index (χ3v) is 8.49. The molecule has 0 radical (unpaired) electrons. The third kappa shape index (κ3) is 14.0. The second-order valence-corrected chi connectivity index (χ2v) is 13.3. The van der Waals surface area contributed by atoms with Gasteiger partial charge in [-0.05, 0) is 0 Å². The minimum absolute atomic E-state index is 0.565. The van der Waals surface area contributed by atoms with Gasteiger partial charge in [-0.2, -0.15) is 0 Å². The Morgan fingerprint density at radius 2 is 0.763 bits per heavy atom. The van der Waals surface area contributed by atoms with E-state index >= 15 is 0 Å². The van der Waals surface area contributed by atoms with Crippen molar-refractivity contribution < 1.29 is 115 Å². The van der Waals surface area contributed by atoms with Gasteiger partial charge in [0, 0.05) is 62.5 Å². The summed E-state index contributed by atoms with van der Waals surface area (Å²) in [5.74, 6) is -7.00. The predicted octanol–water partition coefficient (Wildman–Crippen LogP) is -2.35. The monoisotopic (exact) mass is 854 g/mol. The second-order valence-electron chi connectivity index (χ2n) is 13.3.